The van der Waals surface area contributed by atoms with Gasteiger partial charge in [0.15, 0.2) is 5.13 Å². The molecule has 0 spiro atoms. The van der Waals surface area contributed by atoms with Crippen LogP contribution in [0.25, 0.3) is 0 Å². The van der Waals surface area contributed by atoms with Gasteiger partial charge in [-0.3, -0.25) is 10.2 Å². The van der Waals surface area contributed by atoms with Crippen molar-refractivity contribution in [1.82, 2.24) is 9.71 Å². The number of ether oxygens (including phenoxy) is 1. The summed E-state index contributed by atoms with van der Waals surface area (Å²) >= 11 is 6.88. The number of halogens is 2. The molecular weight excluding hydrogens is 439 g/mol. The first-order valence-corrected chi connectivity index (χ1v) is 10.5. The van der Waals surface area contributed by atoms with Gasteiger partial charge in [-0.1, -0.05) is 29.0 Å². The number of aromatic nitrogens is 1. The molecule has 0 aliphatic heterocycles. The average Bonchev–Trinajstić information content (AvgIpc) is 3.12. The summed E-state index contributed by atoms with van der Waals surface area (Å²) in [4.78, 5) is 18.5. The SMILES string of the molecule is CNS(=O)c1cccc(N(C)C(=O)Nc2ncc(Oc3cc(F)cc(Cl)c3)s2)c1. The summed E-state index contributed by atoms with van der Waals surface area (Å²) < 4.78 is 33.4. The number of carbonyl (C=O) groups is 1. The molecule has 3 rings (SSSR count). The summed E-state index contributed by atoms with van der Waals surface area (Å²) in [7, 11) is 1.80. The van der Waals surface area contributed by atoms with E-state index in [1.54, 1.807) is 38.4 Å². The van der Waals surface area contributed by atoms with Gasteiger partial charge in [0.1, 0.15) is 22.6 Å². The predicted octanol–water partition coefficient (Wildman–Crippen LogP) is 4.64. The molecule has 0 radical (unpaired) electrons. The number of rotatable bonds is 6. The quantitative estimate of drug-likeness (QED) is 0.568. The minimum atomic E-state index is -1.36. The molecule has 1 aromatic heterocycles. The van der Waals surface area contributed by atoms with Crippen LogP contribution in [0.5, 0.6) is 10.8 Å². The molecule has 7 nitrogen and oxygen atoms in total. The van der Waals surface area contributed by atoms with E-state index >= 15 is 0 Å². The summed E-state index contributed by atoms with van der Waals surface area (Å²) in [6, 6.07) is 10.2. The second kappa shape index (κ2) is 9.31. The van der Waals surface area contributed by atoms with Crippen LogP contribution in [0.1, 0.15) is 0 Å². The second-order valence-electron chi connectivity index (χ2n) is 5.65. The molecule has 0 fully saturated rings. The maximum absolute atomic E-state index is 13.4. The van der Waals surface area contributed by atoms with Crippen molar-refractivity contribution in [3.63, 3.8) is 0 Å². The van der Waals surface area contributed by atoms with Gasteiger partial charge in [0.05, 0.1) is 11.1 Å². The second-order valence-corrected chi connectivity index (χ2v) is 8.50. The zero-order chi connectivity index (χ0) is 21.0. The highest BCUT2D eigenvalue weighted by atomic mass is 35.5. The first-order chi connectivity index (χ1) is 13.9. The lowest BCUT2D eigenvalue weighted by molar-refractivity contribution is 0.258. The van der Waals surface area contributed by atoms with Gasteiger partial charge < -0.3 is 4.74 Å². The van der Waals surface area contributed by atoms with Gasteiger partial charge in [-0.25, -0.2) is 23.1 Å². The minimum Gasteiger partial charge on any atom is -0.445 e. The smallest absolute Gasteiger partial charge is 0.327 e. The van der Waals surface area contributed by atoms with Crippen molar-refractivity contribution in [1.29, 1.82) is 0 Å². The molecule has 1 unspecified atom stereocenters. The van der Waals surface area contributed by atoms with Crippen molar-refractivity contribution < 1.29 is 18.1 Å². The van der Waals surface area contributed by atoms with E-state index in [0.29, 0.717) is 20.8 Å². The van der Waals surface area contributed by atoms with E-state index in [4.69, 9.17) is 16.3 Å². The van der Waals surface area contributed by atoms with Crippen LogP contribution in [-0.4, -0.2) is 29.3 Å². The number of amides is 2. The van der Waals surface area contributed by atoms with Crippen LogP contribution in [-0.2, 0) is 11.0 Å². The molecule has 2 amide bonds. The van der Waals surface area contributed by atoms with Crippen molar-refractivity contribution >= 4 is 50.8 Å². The Morgan fingerprint density at radius 1 is 1.31 bits per heavy atom. The lowest BCUT2D eigenvalue weighted by Crippen LogP contribution is -2.31. The van der Waals surface area contributed by atoms with E-state index in [1.165, 1.54) is 29.3 Å². The number of anilines is 2. The Balaban J connectivity index is 1.67. The molecule has 0 aliphatic rings. The Labute approximate surface area is 178 Å². The van der Waals surface area contributed by atoms with Gasteiger partial charge in [-0.2, -0.15) is 0 Å². The number of hydrogen-bond donors (Lipinski definition) is 2. The standard InChI is InChI=1S/C18H16ClFN4O3S2/c1-21-29(26)15-5-3-4-13(9-15)24(2)18(25)23-17-22-10-16(28-17)27-14-7-11(19)6-12(20)8-14/h3-10,21H,1-2H3,(H,22,23,25). The maximum atomic E-state index is 13.4. The third-order valence-corrected chi connectivity index (χ3v) is 5.72. The molecule has 152 valence electrons. The number of nitrogens with one attached hydrogen (secondary N) is 2. The van der Waals surface area contributed by atoms with Crippen LogP contribution >= 0.6 is 22.9 Å². The van der Waals surface area contributed by atoms with Crippen molar-refractivity contribution in [2.75, 3.05) is 24.3 Å². The van der Waals surface area contributed by atoms with E-state index in [-0.39, 0.29) is 10.8 Å². The van der Waals surface area contributed by atoms with Gasteiger partial charge in [0.2, 0.25) is 5.06 Å². The van der Waals surface area contributed by atoms with Gasteiger partial charge in [-0.15, -0.1) is 0 Å². The summed E-state index contributed by atoms with van der Waals surface area (Å²) in [6.45, 7) is 0. The van der Waals surface area contributed by atoms with E-state index in [1.807, 2.05) is 0 Å². The largest absolute Gasteiger partial charge is 0.445 e. The fourth-order valence-corrected chi connectivity index (χ4v) is 3.84. The number of benzene rings is 2. The lowest BCUT2D eigenvalue weighted by Gasteiger charge is -2.17. The summed E-state index contributed by atoms with van der Waals surface area (Å²) in [5.74, 6) is -0.295. The highest BCUT2D eigenvalue weighted by Gasteiger charge is 2.15. The number of hydrogen-bond acceptors (Lipinski definition) is 5. The van der Waals surface area contributed by atoms with Crippen molar-refractivity contribution in [2.24, 2.45) is 0 Å². The maximum Gasteiger partial charge on any atom is 0.327 e. The van der Waals surface area contributed by atoms with Crippen LogP contribution in [0, 0.1) is 5.82 Å². The van der Waals surface area contributed by atoms with E-state index in [2.05, 4.69) is 15.0 Å². The third kappa shape index (κ3) is 5.51. The van der Waals surface area contributed by atoms with Crippen LogP contribution in [0.3, 0.4) is 0 Å². The predicted molar refractivity (Wildman–Crippen MR) is 113 cm³/mol. The molecule has 11 heteroatoms. The Morgan fingerprint density at radius 2 is 2.10 bits per heavy atom. The van der Waals surface area contributed by atoms with Crippen LogP contribution in [0.15, 0.2) is 53.6 Å². The monoisotopic (exact) mass is 454 g/mol. The third-order valence-electron chi connectivity index (χ3n) is 3.66. The zero-order valence-corrected chi connectivity index (χ0v) is 17.7. The molecule has 29 heavy (non-hydrogen) atoms. The van der Waals surface area contributed by atoms with Crippen LogP contribution in [0.2, 0.25) is 5.02 Å². The van der Waals surface area contributed by atoms with E-state index < -0.39 is 22.8 Å². The zero-order valence-electron chi connectivity index (χ0n) is 15.3. The summed E-state index contributed by atoms with van der Waals surface area (Å²) in [6.07, 6.45) is 1.41. The van der Waals surface area contributed by atoms with Gasteiger partial charge >= 0.3 is 6.03 Å². The molecule has 0 saturated carbocycles. The van der Waals surface area contributed by atoms with Gasteiger partial charge in [0, 0.05) is 23.8 Å². The number of thiazole rings is 1. The molecular formula is C18H16ClFN4O3S2. The van der Waals surface area contributed by atoms with Crippen molar-refractivity contribution in [3.05, 3.63) is 59.5 Å². The Hall–Kier alpha value is -2.53. The molecule has 3 aromatic rings. The van der Waals surface area contributed by atoms with Gasteiger partial charge in [-0.05, 0) is 37.4 Å². The van der Waals surface area contributed by atoms with Gasteiger partial charge in [0.25, 0.3) is 0 Å². The Kier molecular flexibility index (Phi) is 6.80. The van der Waals surface area contributed by atoms with Crippen LogP contribution < -0.4 is 19.7 Å². The topological polar surface area (TPSA) is 83.6 Å². The lowest BCUT2D eigenvalue weighted by atomic mass is 10.3. The molecule has 0 aliphatic carbocycles. The minimum absolute atomic E-state index is 0.209. The molecule has 1 heterocycles. The first-order valence-electron chi connectivity index (χ1n) is 8.19. The Morgan fingerprint density at radius 3 is 2.83 bits per heavy atom. The summed E-state index contributed by atoms with van der Waals surface area (Å²) in [5.41, 5.74) is 0.561. The molecule has 2 N–H and O–H groups in total. The highest BCUT2D eigenvalue weighted by Crippen LogP contribution is 2.32. The Bertz CT molecular complexity index is 1040. The van der Waals surface area contributed by atoms with Crippen molar-refractivity contribution in [2.45, 2.75) is 4.90 Å². The normalized spacial score (nSPS) is 11.7. The molecule has 2 aromatic carbocycles. The van der Waals surface area contributed by atoms with E-state index in [9.17, 15) is 13.4 Å². The van der Waals surface area contributed by atoms with Crippen molar-refractivity contribution in [3.8, 4) is 10.8 Å². The highest BCUT2D eigenvalue weighted by molar-refractivity contribution is 7.83. The number of carbonyl (C=O) groups excluding carboxylic acids is 1. The molecule has 1 atom stereocenters. The van der Waals surface area contributed by atoms with E-state index in [0.717, 1.165) is 11.3 Å². The number of urea groups is 1. The average molecular weight is 455 g/mol. The molecule has 0 bridgehead atoms. The molecule has 0 saturated heterocycles. The van der Waals surface area contributed by atoms with Crippen LogP contribution in [0.4, 0.5) is 20.0 Å². The fourth-order valence-electron chi connectivity index (χ4n) is 2.29. The fraction of sp³-hybridized carbons (Fsp3) is 0.111. The number of nitrogens with zero attached hydrogens (tertiary/aromatic N) is 2. The first kappa shape index (κ1) is 21.2. The summed E-state index contributed by atoms with van der Waals surface area (Å²) in [5, 5.41) is 3.52.